The molecule has 1 aliphatic heterocycles. The number of aliphatic hydroxyl groups is 1. The van der Waals surface area contributed by atoms with Crippen molar-refractivity contribution in [2.75, 3.05) is 7.11 Å². The second-order valence-corrected chi connectivity index (χ2v) is 10.6. The van der Waals surface area contributed by atoms with Gasteiger partial charge in [0.15, 0.2) is 5.76 Å². The summed E-state index contributed by atoms with van der Waals surface area (Å²) < 4.78 is 10.4. The van der Waals surface area contributed by atoms with Gasteiger partial charge in [-0.3, -0.25) is 9.59 Å². The van der Waals surface area contributed by atoms with E-state index in [1.807, 2.05) is 56.3 Å². The number of benzene rings is 1. The van der Waals surface area contributed by atoms with E-state index in [9.17, 15) is 19.5 Å². The summed E-state index contributed by atoms with van der Waals surface area (Å²) >= 11 is 5.79. The molecular formula is C33H41ClN2O6. The highest BCUT2D eigenvalue weighted by atomic mass is 35.5. The van der Waals surface area contributed by atoms with Crippen molar-refractivity contribution in [1.82, 2.24) is 10.6 Å². The molecule has 1 aromatic rings. The summed E-state index contributed by atoms with van der Waals surface area (Å²) in [5, 5.41) is 16.1. The topological polar surface area (TPSA) is 114 Å². The smallest absolute Gasteiger partial charge is 0.373 e. The first kappa shape index (κ1) is 34.3. The summed E-state index contributed by atoms with van der Waals surface area (Å²) in [7, 11) is 1.44. The molecule has 1 heterocycles. The van der Waals surface area contributed by atoms with E-state index in [1.165, 1.54) is 19.4 Å². The molecule has 4 atom stereocenters. The van der Waals surface area contributed by atoms with E-state index in [0.29, 0.717) is 30.7 Å². The maximum Gasteiger partial charge on any atom is 0.373 e. The number of methoxy groups -OCH3 is 1. The van der Waals surface area contributed by atoms with Crippen molar-refractivity contribution in [3.8, 4) is 0 Å². The van der Waals surface area contributed by atoms with Gasteiger partial charge in [0.25, 0.3) is 0 Å². The standard InChI is InChI=1S/C33H41ClN2O6/c1-23(21-24(2)29-18-19-30(41-4)33(40)42-29)11-8-9-15-31(38)36-28(22-26-12-6-5-7-13-26)32(39)35-20-10-14-27(37)17-16-25(3)34/h5-13,15-16,19-21,24,27-29,37H,14,17-18,22H2,1-4H3,(H,35,39)(H,36,38)/b11-8-,15-9-,20-10-,23-21+,25-16+/t24-,27+,28-,29?/m0/s1. The van der Waals surface area contributed by atoms with Crippen LogP contribution in [0.4, 0.5) is 0 Å². The molecule has 0 saturated carbocycles. The van der Waals surface area contributed by atoms with Crippen LogP contribution in [0.2, 0.25) is 0 Å². The summed E-state index contributed by atoms with van der Waals surface area (Å²) in [6, 6.07) is 8.60. The number of carbonyl (C=O) groups excluding carboxylic acids is 3. The molecular weight excluding hydrogens is 556 g/mol. The first-order chi connectivity index (χ1) is 20.1. The SMILES string of the molecule is COC1=CCC([C@@H](C)/C=C(C)/C=C\C=C/C(=O)N[C@@H](Cc2ccccc2)C(=O)N/C=C\C[C@@H](O)C/C=C(\C)Cl)OC1=O. The average Bonchev–Trinajstić information content (AvgIpc) is 2.96. The van der Waals surface area contributed by atoms with Gasteiger partial charge in [-0.05, 0) is 44.5 Å². The largest absolute Gasteiger partial charge is 0.490 e. The minimum absolute atomic E-state index is 0.0122. The van der Waals surface area contributed by atoms with Gasteiger partial charge < -0.3 is 25.2 Å². The van der Waals surface area contributed by atoms with Gasteiger partial charge in [-0.1, -0.05) is 90.9 Å². The number of nitrogens with one attached hydrogen (secondary N) is 2. The van der Waals surface area contributed by atoms with Crippen molar-refractivity contribution in [2.24, 2.45) is 5.92 Å². The van der Waals surface area contributed by atoms with Crippen molar-refractivity contribution in [3.63, 3.8) is 0 Å². The molecule has 226 valence electrons. The van der Waals surface area contributed by atoms with Crippen molar-refractivity contribution in [2.45, 2.75) is 64.7 Å². The van der Waals surface area contributed by atoms with E-state index in [0.717, 1.165) is 11.1 Å². The molecule has 0 radical (unpaired) electrons. The number of halogens is 1. The van der Waals surface area contributed by atoms with Gasteiger partial charge in [0.1, 0.15) is 12.1 Å². The molecule has 8 nitrogen and oxygen atoms in total. The first-order valence-electron chi connectivity index (χ1n) is 13.9. The molecule has 0 bridgehead atoms. The highest BCUT2D eigenvalue weighted by Gasteiger charge is 2.27. The molecule has 0 aliphatic carbocycles. The van der Waals surface area contributed by atoms with Gasteiger partial charge in [-0.25, -0.2) is 4.79 Å². The van der Waals surface area contributed by atoms with Crippen LogP contribution in [0, 0.1) is 5.92 Å². The molecule has 9 heteroatoms. The Kier molecular flexibility index (Phi) is 15.1. The average molecular weight is 597 g/mol. The molecule has 0 aromatic heterocycles. The Morgan fingerprint density at radius 3 is 2.55 bits per heavy atom. The number of ether oxygens (including phenoxy) is 2. The number of hydrogen-bond donors (Lipinski definition) is 3. The minimum Gasteiger partial charge on any atom is -0.490 e. The van der Waals surface area contributed by atoms with E-state index in [-0.39, 0.29) is 23.7 Å². The van der Waals surface area contributed by atoms with Crippen LogP contribution in [0.25, 0.3) is 0 Å². The molecule has 1 aromatic carbocycles. The van der Waals surface area contributed by atoms with Crippen molar-refractivity contribution >= 4 is 29.4 Å². The van der Waals surface area contributed by atoms with Gasteiger partial charge in [-0.2, -0.15) is 0 Å². The third-order valence-electron chi connectivity index (χ3n) is 6.38. The molecule has 42 heavy (non-hydrogen) atoms. The number of cyclic esters (lactones) is 1. The molecule has 3 N–H and O–H groups in total. The zero-order chi connectivity index (χ0) is 30.9. The fraction of sp³-hybridized carbons (Fsp3) is 0.364. The Morgan fingerprint density at radius 2 is 1.88 bits per heavy atom. The van der Waals surface area contributed by atoms with Crippen LogP contribution in [-0.4, -0.2) is 48.2 Å². The summed E-state index contributed by atoms with van der Waals surface area (Å²) in [5.74, 6) is -1.04. The number of allylic oxidation sites excluding steroid dienone is 5. The fourth-order valence-corrected chi connectivity index (χ4v) is 4.20. The van der Waals surface area contributed by atoms with Crippen LogP contribution in [0.15, 0.2) is 102 Å². The van der Waals surface area contributed by atoms with Gasteiger partial charge in [0.2, 0.25) is 11.8 Å². The Labute approximate surface area is 253 Å². The van der Waals surface area contributed by atoms with Gasteiger partial charge in [0, 0.05) is 29.9 Å². The normalized spacial score (nSPS) is 18.5. The van der Waals surface area contributed by atoms with Crippen molar-refractivity contribution in [3.05, 3.63) is 107 Å². The van der Waals surface area contributed by atoms with E-state index >= 15 is 0 Å². The lowest BCUT2D eigenvalue weighted by atomic mass is 9.97. The predicted molar refractivity (Wildman–Crippen MR) is 165 cm³/mol. The second-order valence-electron chi connectivity index (χ2n) is 10.0. The number of carbonyl (C=O) groups is 3. The van der Waals surface area contributed by atoms with Gasteiger partial charge in [-0.15, -0.1) is 0 Å². The van der Waals surface area contributed by atoms with E-state index < -0.39 is 24.0 Å². The van der Waals surface area contributed by atoms with Crippen molar-refractivity contribution < 1.29 is 29.0 Å². The number of rotatable bonds is 15. The van der Waals surface area contributed by atoms with E-state index in [1.54, 1.807) is 37.3 Å². The molecule has 0 spiro atoms. The predicted octanol–water partition coefficient (Wildman–Crippen LogP) is 5.17. The molecule has 2 rings (SSSR count). The van der Waals surface area contributed by atoms with Crippen LogP contribution >= 0.6 is 11.6 Å². The van der Waals surface area contributed by atoms with Crippen LogP contribution in [-0.2, 0) is 30.3 Å². The van der Waals surface area contributed by atoms with E-state index in [2.05, 4.69) is 10.6 Å². The zero-order valence-electron chi connectivity index (χ0n) is 24.6. The summed E-state index contributed by atoms with van der Waals surface area (Å²) in [6.45, 7) is 5.63. The van der Waals surface area contributed by atoms with Crippen LogP contribution in [0.1, 0.15) is 45.6 Å². The third kappa shape index (κ3) is 13.2. The van der Waals surface area contributed by atoms with Crippen molar-refractivity contribution in [1.29, 1.82) is 0 Å². The molecule has 1 unspecified atom stereocenters. The number of aliphatic hydroxyl groups excluding tert-OH is 1. The van der Waals surface area contributed by atoms with Gasteiger partial charge in [0.05, 0.1) is 13.2 Å². The molecule has 2 amide bonds. The number of amides is 2. The second kappa shape index (κ2) is 18.5. The maximum absolute atomic E-state index is 12.9. The van der Waals surface area contributed by atoms with E-state index in [4.69, 9.17) is 21.1 Å². The molecule has 1 aliphatic rings. The fourth-order valence-electron chi connectivity index (χ4n) is 4.11. The lowest BCUT2D eigenvalue weighted by Gasteiger charge is -2.25. The maximum atomic E-state index is 12.9. The monoisotopic (exact) mass is 596 g/mol. The van der Waals surface area contributed by atoms with Gasteiger partial charge >= 0.3 is 5.97 Å². The quantitative estimate of drug-likeness (QED) is 0.146. The third-order valence-corrected chi connectivity index (χ3v) is 6.54. The van der Waals surface area contributed by atoms with Crippen LogP contribution in [0.3, 0.4) is 0 Å². The molecule has 0 fully saturated rings. The summed E-state index contributed by atoms with van der Waals surface area (Å²) in [6.07, 6.45) is 15.9. The molecule has 0 saturated heterocycles. The minimum atomic E-state index is -0.807. The van der Waals surface area contributed by atoms with Crippen LogP contribution in [0.5, 0.6) is 0 Å². The Balaban J connectivity index is 1.94. The Hall–Kier alpha value is -3.88. The summed E-state index contributed by atoms with van der Waals surface area (Å²) in [4.78, 5) is 37.5. The van der Waals surface area contributed by atoms with Crippen LogP contribution < -0.4 is 10.6 Å². The number of esters is 1. The first-order valence-corrected chi connectivity index (χ1v) is 14.2. The zero-order valence-corrected chi connectivity index (χ0v) is 25.3. The number of hydrogen-bond acceptors (Lipinski definition) is 6. The highest BCUT2D eigenvalue weighted by molar-refractivity contribution is 6.29. The lowest BCUT2D eigenvalue weighted by Crippen LogP contribution is -2.46. The highest BCUT2D eigenvalue weighted by Crippen LogP contribution is 2.22. The lowest BCUT2D eigenvalue weighted by molar-refractivity contribution is -0.151. The Morgan fingerprint density at radius 1 is 1.17 bits per heavy atom. The Bertz CT molecular complexity index is 1230. The summed E-state index contributed by atoms with van der Waals surface area (Å²) in [5.41, 5.74) is 1.84.